The number of likely N-dealkylation sites (tertiary alicyclic amines) is 1. The van der Waals surface area contributed by atoms with Crippen LogP contribution in [-0.4, -0.2) is 66.2 Å². The lowest BCUT2D eigenvalue weighted by molar-refractivity contribution is -0.136. The molecule has 0 radical (unpaired) electrons. The van der Waals surface area contributed by atoms with Crippen molar-refractivity contribution in [1.82, 2.24) is 15.5 Å². The molecule has 0 aromatic heterocycles. The molecule has 4 N–H and O–H groups in total. The monoisotopic (exact) mass is 358 g/mol. The van der Waals surface area contributed by atoms with Gasteiger partial charge in [0.05, 0.1) is 11.5 Å². The SMILES string of the molecule is CC[C@H](C(N)=O)N1CC(CCNC(=O)CSCC(=O)NC)CC1=O. The van der Waals surface area contributed by atoms with Crippen molar-refractivity contribution in [2.75, 3.05) is 31.6 Å². The van der Waals surface area contributed by atoms with Crippen LogP contribution in [0.2, 0.25) is 0 Å². The van der Waals surface area contributed by atoms with Crippen molar-refractivity contribution < 1.29 is 19.2 Å². The fourth-order valence-electron chi connectivity index (χ4n) is 2.65. The van der Waals surface area contributed by atoms with Crippen LogP contribution in [0, 0.1) is 5.92 Å². The molecule has 1 aliphatic heterocycles. The minimum atomic E-state index is -0.543. The molecule has 4 amide bonds. The van der Waals surface area contributed by atoms with E-state index in [1.54, 1.807) is 11.9 Å². The number of nitrogens with one attached hydrogen (secondary N) is 2. The number of rotatable bonds is 10. The lowest BCUT2D eigenvalue weighted by Gasteiger charge is -2.24. The average Bonchev–Trinajstić information content (AvgIpc) is 2.88. The topological polar surface area (TPSA) is 122 Å². The lowest BCUT2D eigenvalue weighted by atomic mass is 10.0. The zero-order valence-electron chi connectivity index (χ0n) is 14.2. The number of hydrogen-bond acceptors (Lipinski definition) is 5. The minimum absolute atomic E-state index is 0.0573. The van der Waals surface area contributed by atoms with Gasteiger partial charge in [-0.3, -0.25) is 19.2 Å². The average molecular weight is 358 g/mol. The molecule has 1 unspecified atom stereocenters. The molecular formula is C15H26N4O4S. The summed E-state index contributed by atoms with van der Waals surface area (Å²) in [6.07, 6.45) is 1.56. The molecule has 1 rings (SSSR count). The normalized spacial score (nSPS) is 18.3. The molecule has 1 saturated heterocycles. The number of carbonyl (C=O) groups excluding carboxylic acids is 4. The van der Waals surface area contributed by atoms with Gasteiger partial charge in [0.2, 0.25) is 23.6 Å². The van der Waals surface area contributed by atoms with Gasteiger partial charge in [0.25, 0.3) is 0 Å². The number of nitrogens with zero attached hydrogens (tertiary/aromatic N) is 1. The van der Waals surface area contributed by atoms with Crippen molar-refractivity contribution in [3.05, 3.63) is 0 Å². The molecule has 0 spiro atoms. The van der Waals surface area contributed by atoms with E-state index in [1.165, 1.54) is 11.8 Å². The summed E-state index contributed by atoms with van der Waals surface area (Å²) in [5.74, 6) is -0.189. The Morgan fingerprint density at radius 1 is 1.33 bits per heavy atom. The van der Waals surface area contributed by atoms with Crippen molar-refractivity contribution in [3.8, 4) is 0 Å². The van der Waals surface area contributed by atoms with Crippen LogP contribution in [-0.2, 0) is 19.2 Å². The third-order valence-corrected chi connectivity index (χ3v) is 4.88. The number of hydrogen-bond donors (Lipinski definition) is 3. The minimum Gasteiger partial charge on any atom is -0.368 e. The third kappa shape index (κ3) is 6.38. The fourth-order valence-corrected chi connectivity index (χ4v) is 3.37. The molecule has 0 saturated carbocycles. The number of amides is 4. The van der Waals surface area contributed by atoms with E-state index >= 15 is 0 Å². The van der Waals surface area contributed by atoms with Gasteiger partial charge < -0.3 is 21.3 Å². The number of nitrogens with two attached hydrogens (primary N) is 1. The highest BCUT2D eigenvalue weighted by molar-refractivity contribution is 8.00. The Bertz CT molecular complexity index is 486. The van der Waals surface area contributed by atoms with Gasteiger partial charge in [0, 0.05) is 26.6 Å². The van der Waals surface area contributed by atoms with E-state index in [-0.39, 0.29) is 35.1 Å². The first kappa shape index (κ1) is 20.3. The predicted octanol–water partition coefficient (Wildman–Crippen LogP) is -0.916. The van der Waals surface area contributed by atoms with Gasteiger partial charge in [-0.25, -0.2) is 0 Å². The van der Waals surface area contributed by atoms with Crippen LogP contribution < -0.4 is 16.4 Å². The molecule has 1 heterocycles. The molecule has 9 heteroatoms. The summed E-state index contributed by atoms with van der Waals surface area (Å²) in [4.78, 5) is 47.6. The Morgan fingerprint density at radius 3 is 2.58 bits per heavy atom. The zero-order valence-corrected chi connectivity index (χ0v) is 15.0. The Balaban J connectivity index is 2.26. The second-order valence-corrected chi connectivity index (χ2v) is 6.73. The second kappa shape index (κ2) is 10.2. The largest absolute Gasteiger partial charge is 0.368 e. The molecule has 24 heavy (non-hydrogen) atoms. The number of carbonyl (C=O) groups is 4. The van der Waals surface area contributed by atoms with Crippen molar-refractivity contribution in [2.45, 2.75) is 32.2 Å². The second-order valence-electron chi connectivity index (χ2n) is 5.75. The van der Waals surface area contributed by atoms with Gasteiger partial charge in [0.15, 0.2) is 0 Å². The molecule has 8 nitrogen and oxygen atoms in total. The molecule has 1 fully saturated rings. The van der Waals surface area contributed by atoms with E-state index in [1.807, 2.05) is 6.92 Å². The Hall–Kier alpha value is -1.77. The molecule has 136 valence electrons. The van der Waals surface area contributed by atoms with E-state index in [2.05, 4.69) is 10.6 Å². The molecule has 0 bridgehead atoms. The van der Waals surface area contributed by atoms with Gasteiger partial charge in [-0.2, -0.15) is 0 Å². The summed E-state index contributed by atoms with van der Waals surface area (Å²) < 4.78 is 0. The van der Waals surface area contributed by atoms with Gasteiger partial charge >= 0.3 is 0 Å². The number of thioether (sulfide) groups is 1. The lowest BCUT2D eigenvalue weighted by Crippen LogP contribution is -2.45. The van der Waals surface area contributed by atoms with Crippen LogP contribution >= 0.6 is 11.8 Å². The van der Waals surface area contributed by atoms with Gasteiger partial charge in [-0.05, 0) is 18.8 Å². The van der Waals surface area contributed by atoms with Crippen LogP contribution in [0.4, 0.5) is 0 Å². The molecular weight excluding hydrogens is 332 g/mol. The van der Waals surface area contributed by atoms with Crippen LogP contribution in [0.25, 0.3) is 0 Å². The summed E-state index contributed by atoms with van der Waals surface area (Å²) in [6, 6.07) is -0.543. The summed E-state index contributed by atoms with van der Waals surface area (Å²) in [7, 11) is 1.55. The maximum absolute atomic E-state index is 12.0. The van der Waals surface area contributed by atoms with E-state index in [0.717, 1.165) is 0 Å². The van der Waals surface area contributed by atoms with Crippen LogP contribution in [0.5, 0.6) is 0 Å². The molecule has 0 aliphatic carbocycles. The van der Waals surface area contributed by atoms with Gasteiger partial charge in [0.1, 0.15) is 6.04 Å². The van der Waals surface area contributed by atoms with Crippen molar-refractivity contribution in [1.29, 1.82) is 0 Å². The number of primary amides is 1. The van der Waals surface area contributed by atoms with Crippen LogP contribution in [0.1, 0.15) is 26.2 Å². The van der Waals surface area contributed by atoms with Gasteiger partial charge in [-0.1, -0.05) is 6.92 Å². The molecule has 1 aliphatic rings. The highest BCUT2D eigenvalue weighted by atomic mass is 32.2. The Kier molecular flexibility index (Phi) is 8.59. The zero-order chi connectivity index (χ0) is 18.1. The first-order valence-corrected chi connectivity index (χ1v) is 9.18. The van der Waals surface area contributed by atoms with E-state index in [0.29, 0.717) is 32.4 Å². The van der Waals surface area contributed by atoms with E-state index < -0.39 is 11.9 Å². The molecule has 0 aromatic rings. The van der Waals surface area contributed by atoms with Gasteiger partial charge in [-0.15, -0.1) is 11.8 Å². The summed E-state index contributed by atoms with van der Waals surface area (Å²) in [5, 5.41) is 5.27. The first-order valence-electron chi connectivity index (χ1n) is 8.02. The van der Waals surface area contributed by atoms with E-state index in [4.69, 9.17) is 5.73 Å². The highest BCUT2D eigenvalue weighted by Gasteiger charge is 2.35. The standard InChI is InChI=1S/C15H26N4O4S/c1-3-11(15(16)23)19-7-10(6-14(19)22)4-5-18-13(21)9-24-8-12(20)17-2/h10-11H,3-9H2,1-2H3,(H2,16,23)(H,17,20)(H,18,21)/t10?,11-/m1/s1. The third-order valence-electron chi connectivity index (χ3n) is 3.95. The highest BCUT2D eigenvalue weighted by Crippen LogP contribution is 2.23. The maximum Gasteiger partial charge on any atom is 0.240 e. The van der Waals surface area contributed by atoms with Crippen molar-refractivity contribution >= 4 is 35.4 Å². The molecule has 0 aromatic carbocycles. The maximum atomic E-state index is 12.0. The smallest absolute Gasteiger partial charge is 0.240 e. The first-order chi connectivity index (χ1) is 11.4. The molecule has 2 atom stereocenters. The Morgan fingerprint density at radius 2 is 2.00 bits per heavy atom. The Labute approximate surface area is 146 Å². The summed E-state index contributed by atoms with van der Waals surface area (Å²) in [6.45, 7) is 2.80. The van der Waals surface area contributed by atoms with E-state index in [9.17, 15) is 19.2 Å². The fraction of sp³-hybridized carbons (Fsp3) is 0.733. The van der Waals surface area contributed by atoms with Crippen LogP contribution in [0.15, 0.2) is 0 Å². The van der Waals surface area contributed by atoms with Crippen molar-refractivity contribution in [2.24, 2.45) is 11.7 Å². The summed E-state index contributed by atoms with van der Waals surface area (Å²) in [5.41, 5.74) is 5.33. The quantitative estimate of drug-likeness (QED) is 0.466. The predicted molar refractivity (Wildman–Crippen MR) is 92.1 cm³/mol. The van der Waals surface area contributed by atoms with Crippen LogP contribution in [0.3, 0.4) is 0 Å². The summed E-state index contributed by atoms with van der Waals surface area (Å²) >= 11 is 1.25. The van der Waals surface area contributed by atoms with Crippen molar-refractivity contribution in [3.63, 3.8) is 0 Å².